The lowest BCUT2D eigenvalue weighted by Crippen LogP contribution is -2.31. The number of anilines is 1. The molecule has 1 aromatic heterocycles. The minimum Gasteiger partial charge on any atom is -0.363 e. The third-order valence-corrected chi connectivity index (χ3v) is 5.09. The quantitative estimate of drug-likeness (QED) is 0.824. The number of nitrogens with two attached hydrogens (primary N) is 1. The number of hydrogen-bond donors (Lipinski definition) is 2. The molecule has 0 spiro atoms. The third kappa shape index (κ3) is 3.46. The van der Waals surface area contributed by atoms with Crippen molar-refractivity contribution in [1.29, 1.82) is 0 Å². The first-order valence-corrected chi connectivity index (χ1v) is 8.48. The van der Waals surface area contributed by atoms with E-state index >= 15 is 0 Å². The number of para-hydroxylation sites is 1. The van der Waals surface area contributed by atoms with E-state index in [-0.39, 0.29) is 11.4 Å². The van der Waals surface area contributed by atoms with E-state index in [1.165, 1.54) is 10.5 Å². The van der Waals surface area contributed by atoms with Crippen molar-refractivity contribution in [2.45, 2.75) is 31.2 Å². The summed E-state index contributed by atoms with van der Waals surface area (Å²) in [5, 5.41) is 0. The Morgan fingerprint density at radius 1 is 1.24 bits per heavy atom. The summed E-state index contributed by atoms with van der Waals surface area (Å²) in [5.74, 6) is 0. The molecule has 0 unspecified atom stereocenters. The Labute approximate surface area is 125 Å². The molecular formula is C15H21N3O2S. The van der Waals surface area contributed by atoms with Gasteiger partial charge >= 0.3 is 0 Å². The molecule has 3 N–H and O–H groups in total. The number of benzene rings is 1. The van der Waals surface area contributed by atoms with E-state index in [2.05, 4.69) is 4.98 Å². The third-order valence-electron chi connectivity index (χ3n) is 3.28. The highest BCUT2D eigenvalue weighted by Crippen LogP contribution is 2.24. The fourth-order valence-electron chi connectivity index (χ4n) is 2.10. The Kier molecular flexibility index (Phi) is 5.03. The fourth-order valence-corrected chi connectivity index (χ4v) is 3.62. The van der Waals surface area contributed by atoms with E-state index in [1.807, 2.05) is 37.3 Å². The zero-order valence-corrected chi connectivity index (χ0v) is 12.9. The second-order valence-electron chi connectivity index (χ2n) is 4.83. The van der Waals surface area contributed by atoms with Gasteiger partial charge in [-0.15, -0.1) is 0 Å². The van der Waals surface area contributed by atoms with Crippen LogP contribution in [0.3, 0.4) is 0 Å². The van der Waals surface area contributed by atoms with Crippen molar-refractivity contribution in [3.63, 3.8) is 0 Å². The first-order valence-electron chi connectivity index (χ1n) is 7.04. The van der Waals surface area contributed by atoms with Gasteiger partial charge in [0.25, 0.3) is 10.0 Å². The van der Waals surface area contributed by atoms with Crippen LogP contribution in [0.5, 0.6) is 0 Å². The van der Waals surface area contributed by atoms with E-state index in [9.17, 15) is 8.42 Å². The monoisotopic (exact) mass is 307 g/mol. The number of nitrogens with one attached hydrogen (secondary N) is 1. The summed E-state index contributed by atoms with van der Waals surface area (Å²) in [6.07, 6.45) is 3.24. The van der Waals surface area contributed by atoms with Gasteiger partial charge in [0.1, 0.15) is 4.90 Å². The predicted molar refractivity (Wildman–Crippen MR) is 84.6 cm³/mol. The van der Waals surface area contributed by atoms with Gasteiger partial charge in [-0.3, -0.25) is 4.31 Å². The molecular weight excluding hydrogens is 286 g/mol. The van der Waals surface area contributed by atoms with E-state index in [0.717, 1.165) is 12.8 Å². The maximum atomic E-state index is 12.8. The van der Waals surface area contributed by atoms with E-state index in [4.69, 9.17) is 5.73 Å². The number of unbranched alkanes of at least 4 members (excludes halogenated alkanes) is 1. The number of hydrogen-bond acceptors (Lipinski definition) is 3. The summed E-state index contributed by atoms with van der Waals surface area (Å²) in [5.41, 5.74) is 6.92. The number of sulfonamides is 1. The van der Waals surface area contributed by atoms with Crippen LogP contribution in [0.15, 0.2) is 47.5 Å². The average Bonchev–Trinajstić information content (AvgIpc) is 2.98. The second kappa shape index (κ2) is 6.78. The van der Waals surface area contributed by atoms with Crippen LogP contribution in [-0.4, -0.2) is 19.9 Å². The highest BCUT2D eigenvalue weighted by atomic mass is 32.2. The van der Waals surface area contributed by atoms with Gasteiger partial charge in [0.15, 0.2) is 0 Å². The van der Waals surface area contributed by atoms with Crippen LogP contribution in [0, 0.1) is 0 Å². The SMILES string of the molecule is CCCCN(c1ccccc1)S(=O)(=O)c1c[nH]c(CN)c1. The molecule has 0 aliphatic carbocycles. The molecule has 0 atom stereocenters. The molecule has 0 aliphatic heterocycles. The van der Waals surface area contributed by atoms with Crippen LogP contribution < -0.4 is 10.0 Å². The lowest BCUT2D eigenvalue weighted by Gasteiger charge is -2.23. The van der Waals surface area contributed by atoms with E-state index in [1.54, 1.807) is 6.07 Å². The van der Waals surface area contributed by atoms with Gasteiger partial charge in [-0.2, -0.15) is 0 Å². The van der Waals surface area contributed by atoms with Crippen molar-refractivity contribution < 1.29 is 8.42 Å². The lowest BCUT2D eigenvalue weighted by molar-refractivity contribution is 0.589. The summed E-state index contributed by atoms with van der Waals surface area (Å²) in [6.45, 7) is 2.79. The Morgan fingerprint density at radius 2 is 1.95 bits per heavy atom. The Morgan fingerprint density at radius 3 is 2.52 bits per heavy atom. The standard InChI is InChI=1S/C15H21N3O2S/c1-2-3-9-18(14-7-5-4-6-8-14)21(19,20)15-10-13(11-16)17-12-15/h4-8,10,12,17H,2-3,9,11,16H2,1H3. The van der Waals surface area contributed by atoms with Gasteiger partial charge in [-0.1, -0.05) is 31.5 Å². The minimum atomic E-state index is -3.57. The maximum Gasteiger partial charge on any atom is 0.265 e. The van der Waals surface area contributed by atoms with Crippen LogP contribution in [0.1, 0.15) is 25.5 Å². The van der Waals surface area contributed by atoms with E-state index < -0.39 is 10.0 Å². The average molecular weight is 307 g/mol. The predicted octanol–water partition coefficient (Wildman–Crippen LogP) is 2.47. The number of nitrogens with zero attached hydrogens (tertiary/aromatic N) is 1. The molecule has 1 heterocycles. The number of aromatic nitrogens is 1. The van der Waals surface area contributed by atoms with Crippen molar-refractivity contribution >= 4 is 15.7 Å². The molecule has 1 aromatic carbocycles. The number of H-pyrrole nitrogens is 1. The van der Waals surface area contributed by atoms with Crippen molar-refractivity contribution in [3.8, 4) is 0 Å². The first kappa shape index (κ1) is 15.6. The molecule has 0 bridgehead atoms. The summed E-state index contributed by atoms with van der Waals surface area (Å²) < 4.78 is 27.1. The van der Waals surface area contributed by atoms with Gasteiger partial charge < -0.3 is 10.7 Å². The van der Waals surface area contributed by atoms with Crippen LogP contribution in [0.4, 0.5) is 5.69 Å². The van der Waals surface area contributed by atoms with Gasteiger partial charge in [0, 0.05) is 25.0 Å². The largest absolute Gasteiger partial charge is 0.363 e. The summed E-state index contributed by atoms with van der Waals surface area (Å²) in [4.78, 5) is 3.15. The molecule has 6 heteroatoms. The smallest absolute Gasteiger partial charge is 0.265 e. The molecule has 0 saturated heterocycles. The molecule has 5 nitrogen and oxygen atoms in total. The highest BCUT2D eigenvalue weighted by Gasteiger charge is 2.25. The van der Waals surface area contributed by atoms with Crippen molar-refractivity contribution in [2.24, 2.45) is 5.73 Å². The van der Waals surface area contributed by atoms with Crippen molar-refractivity contribution in [1.82, 2.24) is 4.98 Å². The first-order chi connectivity index (χ1) is 10.1. The van der Waals surface area contributed by atoms with Crippen LogP contribution in [0.25, 0.3) is 0 Å². The van der Waals surface area contributed by atoms with Gasteiger partial charge in [-0.05, 0) is 24.6 Å². The van der Waals surface area contributed by atoms with Gasteiger partial charge in [-0.25, -0.2) is 8.42 Å². The van der Waals surface area contributed by atoms with Crippen LogP contribution in [-0.2, 0) is 16.6 Å². The maximum absolute atomic E-state index is 12.8. The molecule has 0 saturated carbocycles. The van der Waals surface area contributed by atoms with Gasteiger partial charge in [0.2, 0.25) is 0 Å². The van der Waals surface area contributed by atoms with Crippen molar-refractivity contribution in [2.75, 3.05) is 10.8 Å². The van der Waals surface area contributed by atoms with Crippen molar-refractivity contribution in [3.05, 3.63) is 48.3 Å². The topological polar surface area (TPSA) is 79.2 Å². The normalized spacial score (nSPS) is 11.5. The fraction of sp³-hybridized carbons (Fsp3) is 0.333. The second-order valence-corrected chi connectivity index (χ2v) is 6.69. The van der Waals surface area contributed by atoms with Crippen LogP contribution in [0.2, 0.25) is 0 Å². The summed E-state index contributed by atoms with van der Waals surface area (Å²) in [7, 11) is -3.57. The molecule has 0 fully saturated rings. The number of rotatable bonds is 7. The van der Waals surface area contributed by atoms with Gasteiger partial charge in [0.05, 0.1) is 5.69 Å². The lowest BCUT2D eigenvalue weighted by atomic mass is 10.3. The highest BCUT2D eigenvalue weighted by molar-refractivity contribution is 7.92. The Balaban J connectivity index is 2.39. The molecule has 0 amide bonds. The number of aromatic amines is 1. The zero-order valence-electron chi connectivity index (χ0n) is 12.1. The van der Waals surface area contributed by atoms with Crippen LogP contribution >= 0.6 is 0 Å². The molecule has 114 valence electrons. The molecule has 0 radical (unpaired) electrons. The molecule has 2 rings (SSSR count). The molecule has 0 aliphatic rings. The molecule has 21 heavy (non-hydrogen) atoms. The Bertz CT molecular complexity index is 665. The Hall–Kier alpha value is -1.79. The minimum absolute atomic E-state index is 0.253. The summed E-state index contributed by atoms with van der Waals surface area (Å²) >= 11 is 0. The van der Waals surface area contributed by atoms with E-state index in [0.29, 0.717) is 17.9 Å². The summed E-state index contributed by atoms with van der Waals surface area (Å²) in [6, 6.07) is 10.8. The molecule has 2 aromatic rings. The zero-order chi connectivity index (χ0) is 15.3.